The lowest BCUT2D eigenvalue weighted by Crippen LogP contribution is -2.41. The Bertz CT molecular complexity index is 2540. The van der Waals surface area contributed by atoms with E-state index in [9.17, 15) is 29.7 Å². The van der Waals surface area contributed by atoms with Gasteiger partial charge < -0.3 is 35.3 Å². The van der Waals surface area contributed by atoms with Crippen molar-refractivity contribution in [2.45, 2.75) is 43.9 Å². The summed E-state index contributed by atoms with van der Waals surface area (Å²) in [7, 11) is 0. The molecule has 0 spiro atoms. The van der Waals surface area contributed by atoms with Crippen LogP contribution in [0.25, 0.3) is 22.2 Å². The number of pyridine rings is 1. The van der Waals surface area contributed by atoms with E-state index in [1.54, 1.807) is 65.7 Å². The Hall–Kier alpha value is -6.25. The lowest BCUT2D eigenvalue weighted by atomic mass is 9.85. The van der Waals surface area contributed by atoms with Gasteiger partial charge in [0.2, 0.25) is 11.2 Å². The number of carbonyl (C=O) groups is 2. The molecule has 2 saturated heterocycles. The number of nitrogens with one attached hydrogen (secondary N) is 2. The first-order valence-electron chi connectivity index (χ1n) is 21.3. The van der Waals surface area contributed by atoms with Crippen molar-refractivity contribution in [3.05, 3.63) is 160 Å². The van der Waals surface area contributed by atoms with Gasteiger partial charge in [-0.2, -0.15) is 0 Å². The van der Waals surface area contributed by atoms with Crippen LogP contribution in [0.15, 0.2) is 126 Å². The van der Waals surface area contributed by atoms with Crippen LogP contribution < -0.4 is 10.9 Å². The van der Waals surface area contributed by atoms with Gasteiger partial charge in [-0.15, -0.1) is 0 Å². The molecule has 2 aliphatic heterocycles. The second-order valence-corrected chi connectivity index (χ2v) is 16.4. The molecule has 1 unspecified atom stereocenters. The number of aliphatic hydroxyl groups is 2. The first kappa shape index (κ1) is 42.4. The summed E-state index contributed by atoms with van der Waals surface area (Å²) in [6.07, 6.45) is 5.46. The largest absolute Gasteiger partial charge is 0.506 e. The van der Waals surface area contributed by atoms with Gasteiger partial charge in [0, 0.05) is 48.8 Å². The molecule has 5 N–H and O–H groups in total. The van der Waals surface area contributed by atoms with Gasteiger partial charge in [-0.05, 0) is 92.0 Å². The summed E-state index contributed by atoms with van der Waals surface area (Å²) in [5.74, 6) is -0.569. The predicted octanol–water partition coefficient (Wildman–Crippen LogP) is 5.56. The number of esters is 1. The van der Waals surface area contributed by atoms with Gasteiger partial charge in [-0.3, -0.25) is 19.5 Å². The van der Waals surface area contributed by atoms with E-state index >= 15 is 0 Å². The van der Waals surface area contributed by atoms with Crippen LogP contribution in [0.3, 0.4) is 0 Å². The number of hydrogen-bond donors (Lipinski definition) is 5. The molecule has 1 amide bonds. The smallest absolute Gasteiger partial charge is 0.347 e. The zero-order valence-electron chi connectivity index (χ0n) is 34.5. The maximum atomic E-state index is 14.0. The summed E-state index contributed by atoms with van der Waals surface area (Å²) in [5.41, 5.74) is 1.64. The van der Waals surface area contributed by atoms with Crippen LogP contribution in [0, 0.1) is 11.8 Å². The highest BCUT2D eigenvalue weighted by Crippen LogP contribution is 2.34. The summed E-state index contributed by atoms with van der Waals surface area (Å²) in [6, 6.07) is 32.2. The molecule has 6 aromatic rings. The summed E-state index contributed by atoms with van der Waals surface area (Å²) in [6.45, 7) is 4.90. The Balaban J connectivity index is 0.875. The van der Waals surface area contributed by atoms with E-state index in [2.05, 4.69) is 44.5 Å². The minimum Gasteiger partial charge on any atom is -0.506 e. The van der Waals surface area contributed by atoms with E-state index < -0.39 is 17.7 Å². The fraction of sp³-hybridized carbons (Fsp3) is 0.327. The number of phenols is 1. The molecule has 0 aliphatic carbocycles. The van der Waals surface area contributed by atoms with Crippen molar-refractivity contribution in [1.29, 1.82) is 0 Å². The molecule has 2 fully saturated rings. The van der Waals surface area contributed by atoms with Gasteiger partial charge >= 0.3 is 5.97 Å². The molecule has 62 heavy (non-hydrogen) atoms. The van der Waals surface area contributed by atoms with Gasteiger partial charge in [-0.25, -0.2) is 9.78 Å². The standard InChI is InChI=1S/C49H52N6O7/c56-43-16-14-39(40-15-17-45(58)53-46(40)43)44(57)30-50-27-33-20-24-55(25-21-33)47(59)42-29-51-28-41(52-42)36-10-7-13-38(26-36)49(61,37-11-5-2-6-12-37)48(60)62-32-35-18-22-54(23-19-35)31-34-8-3-1-4-9-34/h1-17,26,28-29,33,35,44,50,56-57,61H,18-25,27,30-32H2,(H,53,58)/t44-,49?/m0/s1. The van der Waals surface area contributed by atoms with Crippen LogP contribution in [0.5, 0.6) is 5.75 Å². The number of aromatic nitrogens is 3. The third kappa shape index (κ3) is 9.61. The topological polar surface area (TPSA) is 181 Å². The predicted molar refractivity (Wildman–Crippen MR) is 235 cm³/mol. The van der Waals surface area contributed by atoms with Crippen molar-refractivity contribution >= 4 is 22.8 Å². The van der Waals surface area contributed by atoms with Crippen molar-refractivity contribution in [2.75, 3.05) is 45.9 Å². The number of likely N-dealkylation sites (tertiary alicyclic amines) is 2. The number of phenolic OH excluding ortho intramolecular Hbond substituents is 1. The Kier molecular flexibility index (Phi) is 13.1. The molecule has 0 bridgehead atoms. The number of fused-ring (bicyclic) bond motifs is 1. The first-order chi connectivity index (χ1) is 30.2. The molecular weight excluding hydrogens is 785 g/mol. The van der Waals surface area contributed by atoms with Gasteiger partial charge in [0.25, 0.3) is 5.91 Å². The molecule has 0 saturated carbocycles. The molecule has 8 rings (SSSR count). The molecule has 4 heterocycles. The number of nitrogens with zero attached hydrogens (tertiary/aromatic N) is 4. The quantitative estimate of drug-likeness (QED) is 0.0868. The first-order valence-corrected chi connectivity index (χ1v) is 21.3. The maximum Gasteiger partial charge on any atom is 0.347 e. The van der Waals surface area contributed by atoms with E-state index in [-0.39, 0.29) is 47.9 Å². The number of amides is 1. The van der Waals surface area contributed by atoms with E-state index in [1.165, 1.54) is 23.9 Å². The molecular formula is C49H52N6O7. The minimum atomic E-state index is -2.09. The number of benzene rings is 4. The van der Waals surface area contributed by atoms with E-state index in [4.69, 9.17) is 9.72 Å². The third-order valence-electron chi connectivity index (χ3n) is 12.3. The summed E-state index contributed by atoms with van der Waals surface area (Å²) < 4.78 is 5.93. The number of hydrogen-bond acceptors (Lipinski definition) is 11. The number of piperidine rings is 2. The van der Waals surface area contributed by atoms with Gasteiger partial charge in [0.15, 0.2) is 0 Å². The van der Waals surface area contributed by atoms with E-state index in [1.807, 2.05) is 18.2 Å². The number of rotatable bonds is 14. The number of H-pyrrole nitrogens is 1. The van der Waals surface area contributed by atoms with Crippen molar-refractivity contribution in [1.82, 2.24) is 30.1 Å². The van der Waals surface area contributed by atoms with Gasteiger partial charge in [0.05, 0.1) is 36.3 Å². The molecule has 0 radical (unpaired) electrons. The zero-order valence-corrected chi connectivity index (χ0v) is 34.5. The third-order valence-corrected chi connectivity index (χ3v) is 12.3. The zero-order chi connectivity index (χ0) is 43.1. The van der Waals surface area contributed by atoms with Crippen LogP contribution in [0.1, 0.15) is 64.5 Å². The lowest BCUT2D eigenvalue weighted by Gasteiger charge is -2.33. The molecule has 320 valence electrons. The van der Waals surface area contributed by atoms with Crippen molar-refractivity contribution in [3.63, 3.8) is 0 Å². The monoisotopic (exact) mass is 836 g/mol. The second-order valence-electron chi connectivity index (χ2n) is 16.4. The lowest BCUT2D eigenvalue weighted by molar-refractivity contribution is -0.164. The summed E-state index contributed by atoms with van der Waals surface area (Å²) >= 11 is 0. The van der Waals surface area contributed by atoms with Crippen LogP contribution in [-0.4, -0.2) is 97.8 Å². The molecule has 4 aromatic carbocycles. The van der Waals surface area contributed by atoms with Crippen molar-refractivity contribution in [2.24, 2.45) is 11.8 Å². The Morgan fingerprint density at radius 3 is 2.31 bits per heavy atom. The molecule has 2 aliphatic rings. The van der Waals surface area contributed by atoms with E-state index in [0.717, 1.165) is 45.3 Å². The highest BCUT2D eigenvalue weighted by atomic mass is 16.5. The number of carbonyl (C=O) groups excluding carboxylic acids is 2. The van der Waals surface area contributed by atoms with Gasteiger partial charge in [0.1, 0.15) is 11.4 Å². The maximum absolute atomic E-state index is 14.0. The Morgan fingerprint density at radius 1 is 0.839 bits per heavy atom. The van der Waals surface area contributed by atoms with Gasteiger partial charge in [-0.1, -0.05) is 84.9 Å². The highest BCUT2D eigenvalue weighted by molar-refractivity contribution is 5.93. The average molecular weight is 837 g/mol. The minimum absolute atomic E-state index is 0.0577. The number of aliphatic hydroxyl groups excluding tert-OH is 1. The Morgan fingerprint density at radius 2 is 1.55 bits per heavy atom. The highest BCUT2D eigenvalue weighted by Gasteiger charge is 2.42. The van der Waals surface area contributed by atoms with Crippen molar-refractivity contribution in [3.8, 4) is 17.0 Å². The van der Waals surface area contributed by atoms with Crippen molar-refractivity contribution < 1.29 is 29.6 Å². The summed E-state index contributed by atoms with van der Waals surface area (Å²) in [5, 5.41) is 37.4. The second kappa shape index (κ2) is 19.2. The fourth-order valence-electron chi connectivity index (χ4n) is 8.63. The number of aromatic amines is 1. The average Bonchev–Trinajstić information content (AvgIpc) is 3.32. The SMILES string of the molecule is O=C(c1cncc(-c2cccc(C(O)(C(=O)OCC3CCN(Cc4ccccc4)CC3)c3ccccc3)c2)n1)N1CCC(CNC[C@H](O)c2ccc(O)c3[nH]c(=O)ccc23)CC1. The Labute approximate surface area is 360 Å². The van der Waals surface area contributed by atoms with E-state index in [0.29, 0.717) is 58.5 Å². The fourth-order valence-corrected chi connectivity index (χ4v) is 8.63. The molecule has 13 heteroatoms. The number of aromatic hydroxyl groups is 1. The molecule has 13 nitrogen and oxygen atoms in total. The molecule has 2 aromatic heterocycles. The van der Waals surface area contributed by atoms with Crippen LogP contribution in [0.4, 0.5) is 0 Å². The van der Waals surface area contributed by atoms with Crippen LogP contribution >= 0.6 is 0 Å². The molecule has 2 atom stereocenters. The van der Waals surface area contributed by atoms with Crippen LogP contribution in [0.2, 0.25) is 0 Å². The number of ether oxygens (including phenoxy) is 1. The van der Waals surface area contributed by atoms with Crippen LogP contribution in [-0.2, 0) is 21.7 Å². The summed E-state index contributed by atoms with van der Waals surface area (Å²) in [4.78, 5) is 55.4. The normalized spacial score (nSPS) is 16.8.